The van der Waals surface area contributed by atoms with Crippen molar-refractivity contribution < 1.29 is 14.3 Å². The van der Waals surface area contributed by atoms with Gasteiger partial charge in [0.05, 0.1) is 19.1 Å². The molecular weight excluding hydrogens is 204 g/mol. The van der Waals surface area contributed by atoms with Crippen molar-refractivity contribution in [2.24, 2.45) is 11.8 Å². The van der Waals surface area contributed by atoms with Crippen molar-refractivity contribution in [3.8, 4) is 0 Å². The van der Waals surface area contributed by atoms with E-state index in [2.05, 4.69) is 12.2 Å². The molecule has 0 radical (unpaired) electrons. The van der Waals surface area contributed by atoms with Crippen LogP contribution in [0.3, 0.4) is 0 Å². The largest absolute Gasteiger partial charge is 0.347 e. The van der Waals surface area contributed by atoms with Crippen molar-refractivity contribution in [3.63, 3.8) is 0 Å². The summed E-state index contributed by atoms with van der Waals surface area (Å²) in [5.41, 5.74) is 0. The second kappa shape index (κ2) is 3.97. The minimum absolute atomic E-state index is 0.0139. The van der Waals surface area contributed by atoms with Crippen LogP contribution in [0.5, 0.6) is 0 Å². The number of rotatable bonds is 0. The zero-order chi connectivity index (χ0) is 11.0. The summed E-state index contributed by atoms with van der Waals surface area (Å²) in [5.74, 6) is 0.188. The molecule has 1 aliphatic heterocycles. The third-order valence-corrected chi connectivity index (χ3v) is 4.09. The average molecular weight is 222 g/mol. The number of ether oxygens (including phenoxy) is 2. The summed E-state index contributed by atoms with van der Waals surface area (Å²) in [7, 11) is 0. The monoisotopic (exact) mass is 222 g/mol. The summed E-state index contributed by atoms with van der Waals surface area (Å²) in [6.07, 6.45) is 8.92. The molecule has 3 nitrogen and oxygen atoms in total. The van der Waals surface area contributed by atoms with E-state index >= 15 is 0 Å². The molecule has 0 N–H and O–H groups in total. The summed E-state index contributed by atoms with van der Waals surface area (Å²) in [6, 6.07) is 0. The number of hydrogen-bond donors (Lipinski definition) is 0. The Balaban J connectivity index is 1.94. The van der Waals surface area contributed by atoms with Crippen LogP contribution in [0.15, 0.2) is 12.2 Å². The minimum atomic E-state index is -0.580. The number of carbonyl (C=O) groups is 1. The van der Waals surface area contributed by atoms with Crippen molar-refractivity contribution >= 4 is 5.78 Å². The van der Waals surface area contributed by atoms with E-state index in [1.165, 1.54) is 0 Å². The molecule has 16 heavy (non-hydrogen) atoms. The fourth-order valence-corrected chi connectivity index (χ4v) is 3.39. The maximum absolute atomic E-state index is 12.1. The predicted octanol–water partition coefficient (Wildman–Crippen LogP) is 2.06. The Kier molecular flexibility index (Phi) is 2.60. The fourth-order valence-electron chi connectivity index (χ4n) is 3.39. The molecule has 0 aromatic rings. The number of allylic oxidation sites excluding steroid dienone is 2. The van der Waals surface area contributed by atoms with Crippen molar-refractivity contribution in [3.05, 3.63) is 12.2 Å². The first-order chi connectivity index (χ1) is 7.82. The van der Waals surface area contributed by atoms with E-state index in [9.17, 15) is 4.79 Å². The normalized spacial score (nSPS) is 39.4. The first-order valence-electron chi connectivity index (χ1n) is 6.27. The van der Waals surface area contributed by atoms with Gasteiger partial charge in [0.25, 0.3) is 0 Å². The molecule has 3 aliphatic rings. The molecule has 0 aromatic carbocycles. The van der Waals surface area contributed by atoms with Crippen LogP contribution in [0, 0.1) is 11.8 Å². The number of hydrogen-bond acceptors (Lipinski definition) is 3. The van der Waals surface area contributed by atoms with E-state index in [0.29, 0.717) is 31.3 Å². The average Bonchev–Trinajstić information content (AvgIpc) is 2.83. The van der Waals surface area contributed by atoms with E-state index in [-0.39, 0.29) is 5.92 Å². The van der Waals surface area contributed by atoms with Gasteiger partial charge >= 0.3 is 0 Å². The Morgan fingerprint density at radius 2 is 2.06 bits per heavy atom. The van der Waals surface area contributed by atoms with E-state index in [4.69, 9.17) is 9.47 Å². The van der Waals surface area contributed by atoms with E-state index in [1.54, 1.807) is 0 Å². The molecule has 2 atom stereocenters. The standard InChI is InChI=1S/C13H18O3/c14-11-6-5-10-4-2-1-3-7-13(12(10)11)15-8-9-16-13/h1-2,10,12H,3-9H2/b2-1-/t10-,12+/m1/s1. The van der Waals surface area contributed by atoms with Crippen LogP contribution >= 0.6 is 0 Å². The molecule has 0 aromatic heterocycles. The van der Waals surface area contributed by atoms with Crippen LogP contribution in [0.4, 0.5) is 0 Å². The Hall–Kier alpha value is -0.670. The highest BCUT2D eigenvalue weighted by atomic mass is 16.7. The summed E-state index contributed by atoms with van der Waals surface area (Å²) >= 11 is 0. The molecule has 2 aliphatic carbocycles. The predicted molar refractivity (Wildman–Crippen MR) is 58.8 cm³/mol. The molecular formula is C13H18O3. The first-order valence-corrected chi connectivity index (χ1v) is 6.27. The minimum Gasteiger partial charge on any atom is -0.347 e. The van der Waals surface area contributed by atoms with E-state index < -0.39 is 5.79 Å². The second-order valence-corrected chi connectivity index (χ2v) is 5.00. The summed E-state index contributed by atoms with van der Waals surface area (Å²) in [5, 5.41) is 0. The van der Waals surface area contributed by atoms with Crippen LogP contribution in [0.2, 0.25) is 0 Å². The van der Waals surface area contributed by atoms with Crippen LogP contribution in [-0.4, -0.2) is 24.8 Å². The lowest BCUT2D eigenvalue weighted by Crippen LogP contribution is -2.44. The Morgan fingerprint density at radius 3 is 2.88 bits per heavy atom. The SMILES string of the molecule is O=C1CC[C@H]2C/C=C\CCC3(OCCO3)[C@H]12. The molecule has 88 valence electrons. The van der Waals surface area contributed by atoms with Gasteiger partial charge in [-0.1, -0.05) is 12.2 Å². The highest BCUT2D eigenvalue weighted by Gasteiger charge is 2.53. The van der Waals surface area contributed by atoms with Crippen LogP contribution in [0.1, 0.15) is 32.1 Å². The fraction of sp³-hybridized carbons (Fsp3) is 0.769. The van der Waals surface area contributed by atoms with Crippen molar-refractivity contribution in [2.75, 3.05) is 13.2 Å². The van der Waals surface area contributed by atoms with Crippen molar-refractivity contribution in [2.45, 2.75) is 37.9 Å². The quantitative estimate of drug-likeness (QED) is 0.588. The smallest absolute Gasteiger partial charge is 0.178 e. The summed E-state index contributed by atoms with van der Waals surface area (Å²) in [4.78, 5) is 12.1. The molecule has 1 saturated carbocycles. The molecule has 1 heterocycles. The van der Waals surface area contributed by atoms with Gasteiger partial charge in [-0.25, -0.2) is 0 Å². The Bertz CT molecular complexity index is 315. The van der Waals surface area contributed by atoms with Crippen molar-refractivity contribution in [1.82, 2.24) is 0 Å². The Labute approximate surface area is 95.8 Å². The highest BCUT2D eigenvalue weighted by Crippen LogP contribution is 2.46. The van der Waals surface area contributed by atoms with Gasteiger partial charge in [-0.3, -0.25) is 4.79 Å². The number of carbonyl (C=O) groups excluding carboxylic acids is 1. The van der Waals surface area contributed by atoms with Gasteiger partial charge in [-0.05, 0) is 25.2 Å². The molecule has 0 bridgehead atoms. The maximum atomic E-state index is 12.1. The zero-order valence-corrected chi connectivity index (χ0v) is 9.48. The van der Waals surface area contributed by atoms with Gasteiger partial charge in [-0.2, -0.15) is 0 Å². The number of fused-ring (bicyclic) bond motifs is 2. The second-order valence-electron chi connectivity index (χ2n) is 5.00. The van der Waals surface area contributed by atoms with E-state index in [0.717, 1.165) is 25.7 Å². The molecule has 1 spiro atoms. The first kappa shape index (κ1) is 10.5. The lowest BCUT2D eigenvalue weighted by atomic mass is 9.81. The summed E-state index contributed by atoms with van der Waals surface area (Å²) in [6.45, 7) is 1.28. The highest BCUT2D eigenvalue weighted by molar-refractivity contribution is 5.84. The lowest BCUT2D eigenvalue weighted by molar-refractivity contribution is -0.206. The van der Waals surface area contributed by atoms with Crippen LogP contribution in [-0.2, 0) is 14.3 Å². The molecule has 3 rings (SSSR count). The van der Waals surface area contributed by atoms with Gasteiger partial charge in [0.15, 0.2) is 5.79 Å². The van der Waals surface area contributed by atoms with Gasteiger partial charge < -0.3 is 9.47 Å². The molecule has 0 amide bonds. The number of Topliss-reactive ketones (excluding diaryl/α,β-unsaturated/α-hetero) is 1. The third kappa shape index (κ3) is 1.54. The number of ketones is 1. The Morgan fingerprint density at radius 1 is 1.25 bits per heavy atom. The van der Waals surface area contributed by atoms with Gasteiger partial charge in [-0.15, -0.1) is 0 Å². The molecule has 3 heteroatoms. The zero-order valence-electron chi connectivity index (χ0n) is 9.48. The van der Waals surface area contributed by atoms with E-state index in [1.807, 2.05) is 0 Å². The van der Waals surface area contributed by atoms with Crippen LogP contribution in [0.25, 0.3) is 0 Å². The molecule has 2 fully saturated rings. The van der Waals surface area contributed by atoms with Crippen molar-refractivity contribution in [1.29, 1.82) is 0 Å². The maximum Gasteiger partial charge on any atom is 0.178 e. The third-order valence-electron chi connectivity index (χ3n) is 4.09. The lowest BCUT2D eigenvalue weighted by Gasteiger charge is -2.36. The topological polar surface area (TPSA) is 35.5 Å². The summed E-state index contributed by atoms with van der Waals surface area (Å²) < 4.78 is 11.6. The van der Waals surface area contributed by atoms with Gasteiger partial charge in [0.1, 0.15) is 5.78 Å². The molecule has 0 unspecified atom stereocenters. The van der Waals surface area contributed by atoms with Gasteiger partial charge in [0.2, 0.25) is 0 Å². The van der Waals surface area contributed by atoms with Gasteiger partial charge in [0, 0.05) is 12.8 Å². The molecule has 1 saturated heterocycles. The van der Waals surface area contributed by atoms with Crippen LogP contribution < -0.4 is 0 Å².